The van der Waals surface area contributed by atoms with Gasteiger partial charge in [-0.25, -0.2) is 9.59 Å². The van der Waals surface area contributed by atoms with Gasteiger partial charge in [-0.05, 0) is 18.4 Å². The molecule has 0 aromatic carbocycles. The zero-order chi connectivity index (χ0) is 14.7. The zero-order valence-corrected chi connectivity index (χ0v) is 13.0. The van der Waals surface area contributed by atoms with Crippen LogP contribution < -0.4 is 5.32 Å². The molecule has 1 aliphatic rings. The Kier molecular flexibility index (Phi) is 4.93. The van der Waals surface area contributed by atoms with Crippen molar-refractivity contribution in [3.63, 3.8) is 0 Å². The molecule has 0 spiro atoms. The molecular formula is C13H18N2O3S2. The van der Waals surface area contributed by atoms with Crippen LogP contribution in [-0.4, -0.2) is 45.6 Å². The van der Waals surface area contributed by atoms with Crippen molar-refractivity contribution in [1.29, 1.82) is 0 Å². The molecule has 2 heterocycles. The Labute approximate surface area is 126 Å². The molecule has 3 atom stereocenters. The number of urea groups is 1. The predicted octanol–water partition coefficient (Wildman–Crippen LogP) is 2.41. The molecule has 0 aliphatic carbocycles. The molecule has 2 amide bonds. The number of carboxylic acids is 1. The molecule has 7 heteroatoms. The van der Waals surface area contributed by atoms with Gasteiger partial charge in [0, 0.05) is 28.5 Å². The summed E-state index contributed by atoms with van der Waals surface area (Å²) in [6, 6.07) is 2.34. The lowest BCUT2D eigenvalue weighted by molar-refractivity contribution is -0.139. The average molecular weight is 314 g/mol. The monoisotopic (exact) mass is 314 g/mol. The van der Waals surface area contributed by atoms with Crippen LogP contribution in [0.25, 0.3) is 0 Å². The molecule has 3 unspecified atom stereocenters. The summed E-state index contributed by atoms with van der Waals surface area (Å²) in [7, 11) is 0. The SMILES string of the molecule is CC1SCCN(C(=O)NC(C(=O)O)c2cccs2)C1C. The van der Waals surface area contributed by atoms with E-state index < -0.39 is 12.0 Å². The first kappa shape index (κ1) is 15.2. The average Bonchev–Trinajstić information content (AvgIpc) is 2.92. The molecule has 0 saturated carbocycles. The first-order chi connectivity index (χ1) is 9.50. The molecule has 1 aromatic heterocycles. The Morgan fingerprint density at radius 1 is 1.50 bits per heavy atom. The fourth-order valence-corrected chi connectivity index (χ4v) is 4.00. The fraction of sp³-hybridized carbons (Fsp3) is 0.538. The van der Waals surface area contributed by atoms with Crippen molar-refractivity contribution in [2.24, 2.45) is 0 Å². The Morgan fingerprint density at radius 3 is 2.85 bits per heavy atom. The summed E-state index contributed by atoms with van der Waals surface area (Å²) in [5.74, 6) is -0.150. The highest BCUT2D eigenvalue weighted by Crippen LogP contribution is 2.25. The molecule has 2 N–H and O–H groups in total. The van der Waals surface area contributed by atoms with Crippen LogP contribution in [0.3, 0.4) is 0 Å². The smallest absolute Gasteiger partial charge is 0.331 e. The van der Waals surface area contributed by atoms with Gasteiger partial charge >= 0.3 is 12.0 Å². The summed E-state index contributed by atoms with van der Waals surface area (Å²) < 4.78 is 0. The van der Waals surface area contributed by atoms with E-state index >= 15 is 0 Å². The standard InChI is InChI=1S/C13H18N2O3S2/c1-8-9(2)19-7-5-15(8)13(18)14-11(12(16)17)10-4-3-6-20-10/h3-4,6,8-9,11H,5,7H2,1-2H3,(H,14,18)(H,16,17). The molecular weight excluding hydrogens is 296 g/mol. The zero-order valence-electron chi connectivity index (χ0n) is 11.4. The molecule has 5 nitrogen and oxygen atoms in total. The van der Waals surface area contributed by atoms with Gasteiger partial charge < -0.3 is 15.3 Å². The van der Waals surface area contributed by atoms with Gasteiger partial charge in [0.1, 0.15) is 0 Å². The Morgan fingerprint density at radius 2 is 2.25 bits per heavy atom. The van der Waals surface area contributed by atoms with Crippen LogP contribution in [0.1, 0.15) is 24.8 Å². The highest BCUT2D eigenvalue weighted by Gasteiger charge is 2.32. The van der Waals surface area contributed by atoms with Gasteiger partial charge in [0.05, 0.1) is 0 Å². The van der Waals surface area contributed by atoms with Crippen LogP contribution in [0.4, 0.5) is 4.79 Å². The van der Waals surface area contributed by atoms with Crippen molar-refractivity contribution < 1.29 is 14.7 Å². The van der Waals surface area contributed by atoms with Gasteiger partial charge in [0.2, 0.25) is 0 Å². The number of hydrogen-bond donors (Lipinski definition) is 2. The van der Waals surface area contributed by atoms with E-state index in [-0.39, 0.29) is 12.1 Å². The lowest BCUT2D eigenvalue weighted by atomic mass is 10.2. The summed E-state index contributed by atoms with van der Waals surface area (Å²) >= 11 is 3.17. The third-order valence-electron chi connectivity index (χ3n) is 3.49. The van der Waals surface area contributed by atoms with E-state index in [1.807, 2.05) is 18.7 Å². The number of carbonyl (C=O) groups excluding carboxylic acids is 1. The molecule has 1 saturated heterocycles. The molecule has 0 bridgehead atoms. The molecule has 0 radical (unpaired) electrons. The second-order valence-electron chi connectivity index (χ2n) is 4.75. The van der Waals surface area contributed by atoms with Crippen LogP contribution in [0, 0.1) is 0 Å². The number of amides is 2. The molecule has 1 aliphatic heterocycles. The van der Waals surface area contributed by atoms with Gasteiger partial charge in [-0.2, -0.15) is 11.8 Å². The number of thioether (sulfide) groups is 1. The largest absolute Gasteiger partial charge is 0.479 e. The highest BCUT2D eigenvalue weighted by molar-refractivity contribution is 8.00. The molecule has 2 rings (SSSR count). The highest BCUT2D eigenvalue weighted by atomic mass is 32.2. The minimum atomic E-state index is -1.03. The van der Waals surface area contributed by atoms with Crippen LogP contribution in [0.5, 0.6) is 0 Å². The van der Waals surface area contributed by atoms with Gasteiger partial charge in [0.15, 0.2) is 6.04 Å². The van der Waals surface area contributed by atoms with E-state index in [1.54, 1.807) is 22.4 Å². The topological polar surface area (TPSA) is 69.6 Å². The van der Waals surface area contributed by atoms with E-state index in [2.05, 4.69) is 12.2 Å². The molecule has 1 fully saturated rings. The Bertz CT molecular complexity index is 478. The second-order valence-corrected chi connectivity index (χ2v) is 7.21. The van der Waals surface area contributed by atoms with Crippen molar-refractivity contribution in [2.45, 2.75) is 31.2 Å². The third-order valence-corrected chi connectivity index (χ3v) is 5.76. The number of thiophene rings is 1. The number of aliphatic carboxylic acids is 1. The molecule has 20 heavy (non-hydrogen) atoms. The van der Waals surface area contributed by atoms with E-state index in [0.717, 1.165) is 5.75 Å². The normalized spacial score (nSPS) is 24.2. The Hall–Kier alpha value is -1.21. The first-order valence-electron chi connectivity index (χ1n) is 6.45. The third kappa shape index (κ3) is 3.27. The first-order valence-corrected chi connectivity index (χ1v) is 8.38. The summed E-state index contributed by atoms with van der Waals surface area (Å²) in [4.78, 5) is 26.0. The quantitative estimate of drug-likeness (QED) is 0.899. The van der Waals surface area contributed by atoms with Crippen molar-refractivity contribution in [3.8, 4) is 0 Å². The van der Waals surface area contributed by atoms with Crippen LogP contribution in [0.2, 0.25) is 0 Å². The minimum absolute atomic E-state index is 0.103. The summed E-state index contributed by atoms with van der Waals surface area (Å²) in [5.41, 5.74) is 0. The fourth-order valence-electron chi connectivity index (χ4n) is 2.14. The summed E-state index contributed by atoms with van der Waals surface area (Å²) in [5, 5.41) is 14.1. The Balaban J connectivity index is 2.07. The van der Waals surface area contributed by atoms with Crippen molar-refractivity contribution in [1.82, 2.24) is 10.2 Å². The van der Waals surface area contributed by atoms with Gasteiger partial charge in [-0.3, -0.25) is 0 Å². The second kappa shape index (κ2) is 6.49. The van der Waals surface area contributed by atoms with E-state index in [1.165, 1.54) is 11.3 Å². The maximum Gasteiger partial charge on any atom is 0.331 e. The number of hydrogen-bond acceptors (Lipinski definition) is 4. The number of nitrogens with zero attached hydrogens (tertiary/aromatic N) is 1. The summed E-state index contributed by atoms with van der Waals surface area (Å²) in [6.45, 7) is 4.73. The van der Waals surface area contributed by atoms with Gasteiger partial charge in [-0.15, -0.1) is 11.3 Å². The van der Waals surface area contributed by atoms with Crippen LogP contribution in [-0.2, 0) is 4.79 Å². The number of nitrogens with one attached hydrogen (secondary N) is 1. The van der Waals surface area contributed by atoms with Gasteiger partial charge in [-0.1, -0.05) is 13.0 Å². The van der Waals surface area contributed by atoms with Crippen molar-refractivity contribution >= 4 is 35.1 Å². The molecule has 110 valence electrons. The molecule has 1 aromatic rings. The summed E-state index contributed by atoms with van der Waals surface area (Å²) in [6.07, 6.45) is 0. The lowest BCUT2D eigenvalue weighted by Crippen LogP contribution is -2.53. The minimum Gasteiger partial charge on any atom is -0.479 e. The predicted molar refractivity (Wildman–Crippen MR) is 81.3 cm³/mol. The lowest BCUT2D eigenvalue weighted by Gasteiger charge is -2.37. The number of rotatable bonds is 3. The van der Waals surface area contributed by atoms with E-state index in [9.17, 15) is 14.7 Å². The van der Waals surface area contributed by atoms with Crippen LogP contribution in [0.15, 0.2) is 17.5 Å². The van der Waals surface area contributed by atoms with E-state index in [4.69, 9.17) is 0 Å². The van der Waals surface area contributed by atoms with Crippen molar-refractivity contribution in [2.75, 3.05) is 12.3 Å². The van der Waals surface area contributed by atoms with Gasteiger partial charge in [0.25, 0.3) is 0 Å². The number of carboxylic acid groups (broad SMARTS) is 1. The van der Waals surface area contributed by atoms with E-state index in [0.29, 0.717) is 16.7 Å². The van der Waals surface area contributed by atoms with Crippen molar-refractivity contribution in [3.05, 3.63) is 22.4 Å². The maximum absolute atomic E-state index is 12.3. The maximum atomic E-state index is 12.3. The number of carbonyl (C=O) groups is 2. The van der Waals surface area contributed by atoms with Crippen LogP contribution >= 0.6 is 23.1 Å².